The zero-order valence-corrected chi connectivity index (χ0v) is 28.6. The number of thiophene rings is 1. The standard InChI is InChI=1S/C35H40ClF3N4O5S/c36-28-19-23(7-12-29(28)40-32(45)27-21-49-30-6-2-1-5-26(27)30)20-31(44)35(42-13-3-4-14-42,48-25-10-8-24(9-11-25)33(46)47)43-17-15-41(16-18-43)22-34(37,38)39/h1-2,5-7,12,19,21,24-25H,3-4,8-11,13-18,20,22H2,(H,40,45)(H,46,47)/t24-,25-,35?. The number of ketones is 1. The molecule has 264 valence electrons. The van der Waals surface area contributed by atoms with Crippen LogP contribution in [-0.4, -0.2) is 101 Å². The SMILES string of the molecule is O=C(Nc1ccc(CC(=O)C(O[C@H]2CC[C@H](C(=O)O)CC2)(N2CCCC2)N2CCN(CC(F)(F)F)CC2)cc1Cl)c1csc2ccccc12. The van der Waals surface area contributed by atoms with Crippen LogP contribution >= 0.6 is 22.9 Å². The molecule has 0 bridgehead atoms. The monoisotopic (exact) mass is 720 g/mol. The van der Waals surface area contributed by atoms with Crippen LogP contribution in [0.1, 0.15) is 54.4 Å². The number of carboxylic acid groups (broad SMARTS) is 1. The minimum atomic E-state index is -4.33. The Morgan fingerprint density at radius 2 is 1.61 bits per heavy atom. The Bertz CT molecular complexity index is 1670. The molecule has 1 aliphatic carbocycles. The Hall–Kier alpha value is -3.07. The number of Topliss-reactive ketones (excluding diaryl/α,β-unsaturated/α-hetero) is 1. The van der Waals surface area contributed by atoms with Crippen molar-refractivity contribution in [2.45, 2.75) is 63.1 Å². The van der Waals surface area contributed by atoms with E-state index in [2.05, 4.69) is 5.32 Å². The van der Waals surface area contributed by atoms with Gasteiger partial charge in [-0.1, -0.05) is 35.9 Å². The van der Waals surface area contributed by atoms with E-state index in [4.69, 9.17) is 16.3 Å². The van der Waals surface area contributed by atoms with Crippen molar-refractivity contribution in [1.29, 1.82) is 0 Å². The van der Waals surface area contributed by atoms with Gasteiger partial charge in [-0.05, 0) is 62.3 Å². The number of piperazine rings is 1. The summed E-state index contributed by atoms with van der Waals surface area (Å²) in [5.41, 5.74) is 1.54. The van der Waals surface area contributed by atoms with Gasteiger partial charge in [0, 0.05) is 61.2 Å². The second kappa shape index (κ2) is 15.0. The number of ether oxygens (including phenoxy) is 1. The molecule has 9 nitrogen and oxygen atoms in total. The highest BCUT2D eigenvalue weighted by molar-refractivity contribution is 7.17. The fourth-order valence-electron chi connectivity index (χ4n) is 7.32. The minimum Gasteiger partial charge on any atom is -0.481 e. The molecule has 3 aliphatic rings. The molecule has 1 atom stereocenters. The number of carbonyl (C=O) groups excluding carboxylic acids is 2. The molecule has 1 aromatic heterocycles. The molecule has 0 spiro atoms. The van der Waals surface area contributed by atoms with Crippen molar-refractivity contribution in [2.75, 3.05) is 51.1 Å². The predicted molar refractivity (Wildman–Crippen MR) is 182 cm³/mol. The molecule has 3 heterocycles. The molecule has 1 amide bonds. The number of amides is 1. The first-order valence-corrected chi connectivity index (χ1v) is 18.0. The Labute approximate surface area is 291 Å². The molecule has 14 heteroatoms. The summed E-state index contributed by atoms with van der Waals surface area (Å²) in [5.74, 6) is -3.40. The van der Waals surface area contributed by atoms with Crippen LogP contribution < -0.4 is 5.32 Å². The van der Waals surface area contributed by atoms with Gasteiger partial charge in [-0.3, -0.25) is 29.1 Å². The Morgan fingerprint density at radius 1 is 0.939 bits per heavy atom. The van der Waals surface area contributed by atoms with Crippen molar-refractivity contribution in [2.24, 2.45) is 5.92 Å². The lowest BCUT2D eigenvalue weighted by Gasteiger charge is -2.52. The van der Waals surface area contributed by atoms with Crippen LogP contribution in [0.4, 0.5) is 18.9 Å². The number of rotatable bonds is 11. The molecule has 2 saturated heterocycles. The fraction of sp³-hybridized carbons (Fsp3) is 0.514. The van der Waals surface area contributed by atoms with Crippen molar-refractivity contribution in [3.05, 3.63) is 64.0 Å². The van der Waals surface area contributed by atoms with E-state index in [0.29, 0.717) is 55.6 Å². The predicted octanol–water partition coefficient (Wildman–Crippen LogP) is 6.51. The van der Waals surface area contributed by atoms with Gasteiger partial charge in [-0.25, -0.2) is 0 Å². The maximum absolute atomic E-state index is 14.7. The molecule has 3 fully saturated rings. The molecular formula is C35H40ClF3N4O5S. The quantitative estimate of drug-likeness (QED) is 0.231. The highest BCUT2D eigenvalue weighted by Gasteiger charge is 2.53. The number of nitrogens with one attached hydrogen (secondary N) is 1. The van der Waals surface area contributed by atoms with E-state index in [-0.39, 0.29) is 55.4 Å². The van der Waals surface area contributed by atoms with E-state index in [9.17, 15) is 32.7 Å². The summed E-state index contributed by atoms with van der Waals surface area (Å²) in [4.78, 5) is 44.8. The third-order valence-electron chi connectivity index (χ3n) is 9.83. The van der Waals surface area contributed by atoms with E-state index >= 15 is 0 Å². The normalized spacial score (nSPS) is 22.6. The summed E-state index contributed by atoms with van der Waals surface area (Å²) in [6, 6.07) is 12.7. The van der Waals surface area contributed by atoms with E-state index in [1.54, 1.807) is 23.6 Å². The van der Waals surface area contributed by atoms with Crippen molar-refractivity contribution >= 4 is 56.4 Å². The maximum Gasteiger partial charge on any atom is 0.401 e. The summed E-state index contributed by atoms with van der Waals surface area (Å²) < 4.78 is 47.6. The van der Waals surface area contributed by atoms with Crippen LogP contribution in [-0.2, 0) is 20.7 Å². The molecule has 6 rings (SSSR count). The highest BCUT2D eigenvalue weighted by Crippen LogP contribution is 2.37. The third-order valence-corrected chi connectivity index (χ3v) is 11.1. The molecule has 1 unspecified atom stereocenters. The molecule has 0 radical (unpaired) electrons. The first-order valence-electron chi connectivity index (χ1n) is 16.7. The number of halogens is 4. The Kier molecular flexibility index (Phi) is 11.0. The summed E-state index contributed by atoms with van der Waals surface area (Å²) in [5, 5.41) is 15.3. The number of carboxylic acids is 1. The van der Waals surface area contributed by atoms with Crippen molar-refractivity contribution in [3.63, 3.8) is 0 Å². The maximum atomic E-state index is 14.7. The minimum absolute atomic E-state index is 0.0626. The van der Waals surface area contributed by atoms with Gasteiger partial charge < -0.3 is 15.2 Å². The number of benzene rings is 2. The molecule has 3 aromatic rings. The van der Waals surface area contributed by atoms with E-state index in [1.165, 1.54) is 16.2 Å². The average Bonchev–Trinajstić information content (AvgIpc) is 3.76. The van der Waals surface area contributed by atoms with Gasteiger partial charge in [0.05, 0.1) is 34.8 Å². The first kappa shape index (κ1) is 35.7. The number of hydrogen-bond donors (Lipinski definition) is 2. The van der Waals surface area contributed by atoms with Crippen LogP contribution in [0.15, 0.2) is 47.8 Å². The molecule has 49 heavy (non-hydrogen) atoms. The molecule has 1 saturated carbocycles. The summed E-state index contributed by atoms with van der Waals surface area (Å²) in [6.07, 6.45) is -1.31. The first-order chi connectivity index (χ1) is 23.4. The van der Waals surface area contributed by atoms with Crippen LogP contribution in [0, 0.1) is 5.92 Å². The molecule has 2 N–H and O–H groups in total. The smallest absolute Gasteiger partial charge is 0.401 e. The van der Waals surface area contributed by atoms with Gasteiger partial charge in [0.25, 0.3) is 5.91 Å². The van der Waals surface area contributed by atoms with Gasteiger partial charge in [0.2, 0.25) is 5.85 Å². The van der Waals surface area contributed by atoms with Gasteiger partial charge >= 0.3 is 12.1 Å². The second-order valence-corrected chi connectivity index (χ2v) is 14.4. The van der Waals surface area contributed by atoms with Gasteiger partial charge in [0.1, 0.15) is 0 Å². The largest absolute Gasteiger partial charge is 0.481 e. The van der Waals surface area contributed by atoms with Crippen molar-refractivity contribution in [1.82, 2.24) is 14.7 Å². The topological polar surface area (TPSA) is 102 Å². The van der Waals surface area contributed by atoms with Gasteiger partial charge in [-0.2, -0.15) is 13.2 Å². The number of carbonyl (C=O) groups is 3. The van der Waals surface area contributed by atoms with Crippen molar-refractivity contribution < 1.29 is 37.4 Å². The second-order valence-electron chi connectivity index (χ2n) is 13.1. The number of nitrogens with zero attached hydrogens (tertiary/aromatic N) is 3. The summed E-state index contributed by atoms with van der Waals surface area (Å²) >= 11 is 8.15. The molecular weight excluding hydrogens is 681 g/mol. The fourth-order valence-corrected chi connectivity index (χ4v) is 8.52. The van der Waals surface area contributed by atoms with E-state index in [0.717, 1.165) is 22.9 Å². The van der Waals surface area contributed by atoms with Crippen LogP contribution in [0.5, 0.6) is 0 Å². The zero-order valence-electron chi connectivity index (χ0n) is 27.0. The van der Waals surface area contributed by atoms with Gasteiger partial charge in [-0.15, -0.1) is 11.3 Å². The summed E-state index contributed by atoms with van der Waals surface area (Å²) in [6.45, 7) is 0.797. The molecule has 2 aliphatic heterocycles. The number of likely N-dealkylation sites (tertiary alicyclic amines) is 1. The average molecular weight is 721 g/mol. The zero-order chi connectivity index (χ0) is 34.8. The third kappa shape index (κ3) is 8.13. The van der Waals surface area contributed by atoms with Gasteiger partial charge in [0.15, 0.2) is 5.78 Å². The lowest BCUT2D eigenvalue weighted by molar-refractivity contribution is -0.262. The lowest BCUT2D eigenvalue weighted by Crippen LogP contribution is -2.71. The van der Waals surface area contributed by atoms with E-state index in [1.807, 2.05) is 34.1 Å². The number of aliphatic carboxylic acids is 1. The lowest BCUT2D eigenvalue weighted by atomic mass is 9.87. The van der Waals surface area contributed by atoms with Crippen LogP contribution in [0.25, 0.3) is 10.1 Å². The highest BCUT2D eigenvalue weighted by atomic mass is 35.5. The summed E-state index contributed by atoms with van der Waals surface area (Å²) in [7, 11) is 0. The van der Waals surface area contributed by atoms with Crippen LogP contribution in [0.2, 0.25) is 5.02 Å². The Morgan fingerprint density at radius 3 is 2.27 bits per heavy atom. The molecule has 2 aromatic carbocycles. The number of anilines is 1. The van der Waals surface area contributed by atoms with Crippen molar-refractivity contribution in [3.8, 4) is 0 Å². The number of alkyl halides is 3. The Balaban J connectivity index is 1.24. The van der Waals surface area contributed by atoms with Crippen LogP contribution in [0.3, 0.4) is 0 Å². The number of hydrogen-bond acceptors (Lipinski definition) is 8. The van der Waals surface area contributed by atoms with E-state index < -0.39 is 30.5 Å². The number of fused-ring (bicyclic) bond motifs is 1.